The van der Waals surface area contributed by atoms with Crippen molar-refractivity contribution in [3.63, 3.8) is 0 Å². The van der Waals surface area contributed by atoms with Crippen LogP contribution >= 0.6 is 0 Å². The Hall–Kier alpha value is -2.57. The van der Waals surface area contributed by atoms with E-state index in [-0.39, 0.29) is 24.4 Å². The minimum Gasteiger partial charge on any atom is -0.461 e. The molecule has 1 rings (SSSR count). The Bertz CT molecular complexity index is 572. The van der Waals surface area contributed by atoms with Crippen LogP contribution in [0.4, 0.5) is 10.5 Å². The summed E-state index contributed by atoms with van der Waals surface area (Å²) in [4.78, 5) is 34.0. The molecule has 1 aromatic rings. The lowest BCUT2D eigenvalue weighted by molar-refractivity contribution is -0.149. The molecule has 3 amide bonds. The Labute approximate surface area is 148 Å². The molecular formula is C18H27N3O4. The molecule has 0 aromatic heterocycles. The van der Waals surface area contributed by atoms with Crippen LogP contribution in [0.3, 0.4) is 0 Å². The lowest BCUT2D eigenvalue weighted by atomic mass is 10.1. The van der Waals surface area contributed by atoms with Crippen molar-refractivity contribution >= 4 is 23.6 Å². The third kappa shape index (κ3) is 8.74. The Morgan fingerprint density at radius 3 is 2.44 bits per heavy atom. The van der Waals surface area contributed by atoms with E-state index in [1.807, 2.05) is 26.0 Å². The number of carbonyl (C=O) groups is 3. The second-order valence-electron chi connectivity index (χ2n) is 5.91. The van der Waals surface area contributed by atoms with Crippen LogP contribution in [0.25, 0.3) is 0 Å². The Kier molecular flexibility index (Phi) is 9.06. The molecule has 0 radical (unpaired) electrons. The van der Waals surface area contributed by atoms with Crippen LogP contribution in [-0.2, 0) is 20.9 Å². The Morgan fingerprint density at radius 1 is 1.16 bits per heavy atom. The van der Waals surface area contributed by atoms with E-state index in [4.69, 9.17) is 10.5 Å². The van der Waals surface area contributed by atoms with E-state index in [2.05, 4.69) is 10.6 Å². The standard InChI is InChI=1S/C18H27N3O4/c1-3-13(2)17(23)25-12-14-7-9-15(10-8-14)21-16(22)6-4-5-11-20-18(19)24/h7-10,13H,3-6,11-12H2,1-2H3,(H,21,22)(H3,19,20,24). The quantitative estimate of drug-likeness (QED) is 0.445. The topological polar surface area (TPSA) is 111 Å². The predicted molar refractivity (Wildman–Crippen MR) is 95.8 cm³/mol. The molecular weight excluding hydrogens is 322 g/mol. The van der Waals surface area contributed by atoms with Crippen molar-refractivity contribution in [2.45, 2.75) is 46.1 Å². The van der Waals surface area contributed by atoms with E-state index in [0.717, 1.165) is 12.0 Å². The molecule has 1 unspecified atom stereocenters. The van der Waals surface area contributed by atoms with Crippen LogP contribution in [0.5, 0.6) is 0 Å². The van der Waals surface area contributed by atoms with E-state index in [1.165, 1.54) is 0 Å². The van der Waals surface area contributed by atoms with Crippen molar-refractivity contribution in [3.8, 4) is 0 Å². The first kappa shape index (κ1) is 20.5. The van der Waals surface area contributed by atoms with E-state index in [1.54, 1.807) is 12.1 Å². The van der Waals surface area contributed by atoms with Crippen LogP contribution in [-0.4, -0.2) is 24.5 Å². The zero-order valence-corrected chi connectivity index (χ0v) is 14.8. The second-order valence-corrected chi connectivity index (χ2v) is 5.91. The van der Waals surface area contributed by atoms with Gasteiger partial charge in [-0.15, -0.1) is 0 Å². The molecule has 7 heteroatoms. The number of carbonyl (C=O) groups excluding carboxylic acids is 3. The number of hydrogen-bond acceptors (Lipinski definition) is 4. The van der Waals surface area contributed by atoms with Gasteiger partial charge < -0.3 is 21.1 Å². The van der Waals surface area contributed by atoms with Gasteiger partial charge in [-0.25, -0.2) is 4.79 Å². The van der Waals surface area contributed by atoms with Gasteiger partial charge >= 0.3 is 12.0 Å². The van der Waals surface area contributed by atoms with E-state index in [9.17, 15) is 14.4 Å². The van der Waals surface area contributed by atoms with Crippen LogP contribution < -0.4 is 16.4 Å². The number of rotatable bonds is 10. The number of anilines is 1. The number of esters is 1. The molecule has 4 N–H and O–H groups in total. The van der Waals surface area contributed by atoms with Gasteiger partial charge in [-0.1, -0.05) is 26.0 Å². The fourth-order valence-corrected chi connectivity index (χ4v) is 1.99. The fraction of sp³-hybridized carbons (Fsp3) is 0.500. The number of hydrogen-bond donors (Lipinski definition) is 3. The molecule has 0 aliphatic rings. The first-order chi connectivity index (χ1) is 11.9. The van der Waals surface area contributed by atoms with Gasteiger partial charge in [-0.3, -0.25) is 9.59 Å². The van der Waals surface area contributed by atoms with Crippen LogP contribution in [0.2, 0.25) is 0 Å². The summed E-state index contributed by atoms with van der Waals surface area (Å²) in [6.45, 7) is 4.47. The van der Waals surface area contributed by atoms with Crippen molar-refractivity contribution in [1.29, 1.82) is 0 Å². The maximum absolute atomic E-state index is 11.8. The van der Waals surface area contributed by atoms with Crippen molar-refractivity contribution in [2.75, 3.05) is 11.9 Å². The number of ether oxygens (including phenoxy) is 1. The van der Waals surface area contributed by atoms with Gasteiger partial charge in [-0.2, -0.15) is 0 Å². The summed E-state index contributed by atoms with van der Waals surface area (Å²) in [7, 11) is 0. The van der Waals surface area contributed by atoms with Crippen LogP contribution in [0.1, 0.15) is 45.1 Å². The number of amides is 3. The molecule has 0 saturated carbocycles. The molecule has 0 bridgehead atoms. The molecule has 0 saturated heterocycles. The van der Waals surface area contributed by atoms with Crippen LogP contribution in [0.15, 0.2) is 24.3 Å². The van der Waals surface area contributed by atoms with Gasteiger partial charge in [-0.05, 0) is 37.0 Å². The minimum atomic E-state index is -0.556. The first-order valence-electron chi connectivity index (χ1n) is 8.51. The van der Waals surface area contributed by atoms with Gasteiger partial charge in [0.25, 0.3) is 0 Å². The van der Waals surface area contributed by atoms with Gasteiger partial charge in [0.15, 0.2) is 0 Å². The second kappa shape index (κ2) is 11.1. The Morgan fingerprint density at radius 2 is 1.84 bits per heavy atom. The SMILES string of the molecule is CCC(C)C(=O)OCc1ccc(NC(=O)CCCCNC(N)=O)cc1. The molecule has 1 aromatic carbocycles. The smallest absolute Gasteiger partial charge is 0.312 e. The van der Waals surface area contributed by atoms with E-state index in [0.29, 0.717) is 31.5 Å². The lowest BCUT2D eigenvalue weighted by Crippen LogP contribution is -2.30. The highest BCUT2D eigenvalue weighted by molar-refractivity contribution is 5.90. The summed E-state index contributed by atoms with van der Waals surface area (Å²) >= 11 is 0. The maximum Gasteiger partial charge on any atom is 0.312 e. The average Bonchev–Trinajstić information content (AvgIpc) is 2.59. The van der Waals surface area contributed by atoms with Gasteiger partial charge in [0.05, 0.1) is 5.92 Å². The van der Waals surface area contributed by atoms with Gasteiger partial charge in [0.1, 0.15) is 6.61 Å². The lowest BCUT2D eigenvalue weighted by Gasteiger charge is -2.10. The number of unbranched alkanes of at least 4 members (excludes halogenated alkanes) is 1. The number of nitrogens with two attached hydrogens (primary N) is 1. The minimum absolute atomic E-state index is 0.0879. The van der Waals surface area contributed by atoms with Crippen molar-refractivity contribution in [2.24, 2.45) is 11.7 Å². The zero-order chi connectivity index (χ0) is 18.7. The zero-order valence-electron chi connectivity index (χ0n) is 14.8. The number of urea groups is 1. The predicted octanol–water partition coefficient (Wildman–Crippen LogP) is 2.55. The third-order valence-electron chi connectivity index (χ3n) is 3.76. The van der Waals surface area contributed by atoms with Crippen LogP contribution in [0, 0.1) is 5.92 Å². The average molecular weight is 349 g/mol. The highest BCUT2D eigenvalue weighted by atomic mass is 16.5. The summed E-state index contributed by atoms with van der Waals surface area (Å²) in [6, 6.07) is 6.63. The monoisotopic (exact) mass is 349 g/mol. The molecule has 0 heterocycles. The van der Waals surface area contributed by atoms with Gasteiger partial charge in [0, 0.05) is 18.7 Å². The number of benzene rings is 1. The molecule has 0 aliphatic heterocycles. The largest absolute Gasteiger partial charge is 0.461 e. The number of primary amides is 1. The fourth-order valence-electron chi connectivity index (χ4n) is 1.99. The van der Waals surface area contributed by atoms with E-state index >= 15 is 0 Å². The molecule has 0 aliphatic carbocycles. The molecule has 7 nitrogen and oxygen atoms in total. The summed E-state index contributed by atoms with van der Waals surface area (Å²) in [6.07, 6.45) is 2.48. The summed E-state index contributed by atoms with van der Waals surface area (Å²) < 4.78 is 5.23. The third-order valence-corrected chi connectivity index (χ3v) is 3.76. The highest BCUT2D eigenvalue weighted by Crippen LogP contribution is 2.12. The molecule has 0 spiro atoms. The normalized spacial score (nSPS) is 11.4. The summed E-state index contributed by atoms with van der Waals surface area (Å²) in [5.41, 5.74) is 6.51. The van der Waals surface area contributed by atoms with Gasteiger partial charge in [0.2, 0.25) is 5.91 Å². The molecule has 1 atom stereocenters. The molecule has 25 heavy (non-hydrogen) atoms. The summed E-state index contributed by atoms with van der Waals surface area (Å²) in [5.74, 6) is -0.391. The van der Waals surface area contributed by atoms with E-state index < -0.39 is 6.03 Å². The Balaban J connectivity index is 2.30. The molecule has 138 valence electrons. The van der Waals surface area contributed by atoms with Crippen molar-refractivity contribution in [3.05, 3.63) is 29.8 Å². The number of nitrogens with one attached hydrogen (secondary N) is 2. The first-order valence-corrected chi connectivity index (χ1v) is 8.51. The summed E-state index contributed by atoms with van der Waals surface area (Å²) in [5, 5.41) is 5.28. The van der Waals surface area contributed by atoms with Crippen molar-refractivity contribution < 1.29 is 19.1 Å². The van der Waals surface area contributed by atoms with Crippen molar-refractivity contribution in [1.82, 2.24) is 5.32 Å². The maximum atomic E-state index is 11.8. The highest BCUT2D eigenvalue weighted by Gasteiger charge is 2.11. The molecule has 0 fully saturated rings.